The van der Waals surface area contributed by atoms with Crippen molar-refractivity contribution in [1.29, 1.82) is 0 Å². The monoisotopic (exact) mass is 635 g/mol. The molecule has 48 heavy (non-hydrogen) atoms. The summed E-state index contributed by atoms with van der Waals surface area (Å²) in [7, 11) is 0. The van der Waals surface area contributed by atoms with Gasteiger partial charge in [0.05, 0.1) is 22.1 Å². The fourth-order valence-corrected chi connectivity index (χ4v) is 8.85. The topological polar surface area (TPSA) is 35.9 Å². The van der Waals surface area contributed by atoms with Crippen LogP contribution in [0, 0.1) is 0 Å². The molecule has 3 aromatic heterocycles. The van der Waals surface area contributed by atoms with Gasteiger partial charge in [0.15, 0.2) is 0 Å². The molecule has 9 rings (SSSR count). The normalized spacial score (nSPS) is 12.2. The van der Waals surface area contributed by atoms with Crippen molar-refractivity contribution in [2.45, 2.75) is 13.5 Å². The summed E-state index contributed by atoms with van der Waals surface area (Å²) in [5.74, 6) is 0. The van der Waals surface area contributed by atoms with Crippen LogP contribution in [-0.2, 0) is 6.54 Å². The molecular formula is C44H33N3S. The summed E-state index contributed by atoms with van der Waals surface area (Å²) in [5.41, 5.74) is 17.9. The van der Waals surface area contributed by atoms with Gasteiger partial charge >= 0.3 is 0 Å². The van der Waals surface area contributed by atoms with E-state index in [9.17, 15) is 0 Å². The van der Waals surface area contributed by atoms with Gasteiger partial charge in [-0.15, -0.1) is 11.3 Å². The zero-order valence-electron chi connectivity index (χ0n) is 26.7. The maximum absolute atomic E-state index is 6.15. The maximum Gasteiger partial charge on any atom is 0.0788 e. The fraction of sp³-hybridized carbons (Fsp3) is 0.0455. The van der Waals surface area contributed by atoms with Gasteiger partial charge in [-0.2, -0.15) is 0 Å². The van der Waals surface area contributed by atoms with Gasteiger partial charge < -0.3 is 14.9 Å². The molecule has 0 aliphatic carbocycles. The number of allylic oxidation sites excluding steroid dienone is 1. The minimum atomic E-state index is 0.494. The van der Waals surface area contributed by atoms with Crippen LogP contribution < -0.4 is 5.73 Å². The largest absolute Gasteiger partial charge is 0.326 e. The summed E-state index contributed by atoms with van der Waals surface area (Å²) in [6, 6.07) is 48.3. The molecule has 4 heteroatoms. The Morgan fingerprint density at radius 2 is 1.31 bits per heavy atom. The Kier molecular flexibility index (Phi) is 6.68. The summed E-state index contributed by atoms with van der Waals surface area (Å²) in [6.45, 7) is 6.84. The van der Waals surface area contributed by atoms with Gasteiger partial charge in [0, 0.05) is 60.0 Å². The van der Waals surface area contributed by atoms with Gasteiger partial charge in [0.1, 0.15) is 0 Å². The fourth-order valence-electron chi connectivity index (χ4n) is 7.55. The number of hydrogen-bond acceptors (Lipinski definition) is 2. The third-order valence-electron chi connectivity index (χ3n) is 9.66. The van der Waals surface area contributed by atoms with Crippen LogP contribution >= 0.6 is 11.3 Å². The number of fused-ring (bicyclic) bond motifs is 8. The number of aromatic nitrogens is 2. The third-order valence-corrected chi connectivity index (χ3v) is 10.9. The lowest BCUT2D eigenvalue weighted by Gasteiger charge is -2.13. The zero-order chi connectivity index (χ0) is 32.4. The zero-order valence-corrected chi connectivity index (χ0v) is 27.5. The van der Waals surface area contributed by atoms with E-state index in [1.165, 1.54) is 75.3 Å². The summed E-state index contributed by atoms with van der Waals surface area (Å²) < 4.78 is 6.15. The molecule has 9 aromatic rings. The van der Waals surface area contributed by atoms with Crippen LogP contribution in [-0.4, -0.2) is 9.13 Å². The highest BCUT2D eigenvalue weighted by Crippen LogP contribution is 2.44. The van der Waals surface area contributed by atoms with E-state index in [2.05, 4.69) is 162 Å². The van der Waals surface area contributed by atoms with Crippen LogP contribution in [0.25, 0.3) is 76.7 Å². The van der Waals surface area contributed by atoms with Crippen LogP contribution in [0.5, 0.6) is 0 Å². The Bertz CT molecular complexity index is 2740. The Hall–Kier alpha value is -5.68. The van der Waals surface area contributed by atoms with E-state index >= 15 is 0 Å². The van der Waals surface area contributed by atoms with Crippen LogP contribution in [0.15, 0.2) is 146 Å². The smallest absolute Gasteiger partial charge is 0.0788 e. The van der Waals surface area contributed by atoms with Gasteiger partial charge in [-0.1, -0.05) is 104 Å². The predicted octanol–water partition coefficient (Wildman–Crippen LogP) is 11.6. The van der Waals surface area contributed by atoms with Gasteiger partial charge in [-0.3, -0.25) is 0 Å². The molecule has 0 aliphatic heterocycles. The highest BCUT2D eigenvalue weighted by Gasteiger charge is 2.22. The van der Waals surface area contributed by atoms with Crippen molar-refractivity contribution in [3.05, 3.63) is 168 Å². The molecule has 6 aromatic carbocycles. The van der Waals surface area contributed by atoms with Crippen molar-refractivity contribution in [3.8, 4) is 11.4 Å². The van der Waals surface area contributed by atoms with Crippen LogP contribution in [0.2, 0.25) is 0 Å². The molecule has 0 fully saturated rings. The second-order valence-electron chi connectivity index (χ2n) is 12.2. The number of thiophene rings is 1. The van der Waals surface area contributed by atoms with Crippen molar-refractivity contribution >= 4 is 76.7 Å². The summed E-state index contributed by atoms with van der Waals surface area (Å²) >= 11 is 1.84. The average molecular weight is 636 g/mol. The van der Waals surface area contributed by atoms with E-state index in [0.717, 1.165) is 16.9 Å². The highest BCUT2D eigenvalue weighted by atomic mass is 32.1. The van der Waals surface area contributed by atoms with Crippen LogP contribution in [0.4, 0.5) is 0 Å². The second kappa shape index (κ2) is 11.2. The van der Waals surface area contributed by atoms with Gasteiger partial charge in [-0.05, 0) is 72.2 Å². The predicted molar refractivity (Wildman–Crippen MR) is 208 cm³/mol. The quantitative estimate of drug-likeness (QED) is 0.194. The minimum absolute atomic E-state index is 0.494. The van der Waals surface area contributed by atoms with E-state index < -0.39 is 0 Å². The summed E-state index contributed by atoms with van der Waals surface area (Å²) in [5, 5.41) is 6.16. The second-order valence-corrected chi connectivity index (χ2v) is 13.3. The first-order valence-corrected chi connectivity index (χ1v) is 17.2. The number of rotatable bonds is 6. The molecule has 3 nitrogen and oxygen atoms in total. The Balaban J connectivity index is 1.40. The number of nitrogens with zero attached hydrogens (tertiary/aromatic N) is 2. The molecule has 0 atom stereocenters. The molecule has 0 spiro atoms. The molecule has 230 valence electrons. The molecule has 0 aliphatic rings. The number of nitrogens with two attached hydrogens (primary N) is 1. The van der Waals surface area contributed by atoms with Crippen molar-refractivity contribution < 1.29 is 0 Å². The minimum Gasteiger partial charge on any atom is -0.326 e. The number of benzene rings is 6. The Morgan fingerprint density at radius 1 is 0.646 bits per heavy atom. The molecule has 0 saturated heterocycles. The molecule has 0 radical (unpaired) electrons. The van der Waals surface area contributed by atoms with E-state index in [1.807, 2.05) is 17.4 Å². The molecule has 0 saturated carbocycles. The average Bonchev–Trinajstić information content (AvgIpc) is 3.80. The van der Waals surface area contributed by atoms with Crippen molar-refractivity contribution in [1.82, 2.24) is 9.13 Å². The van der Waals surface area contributed by atoms with Crippen LogP contribution in [0.1, 0.15) is 28.5 Å². The summed E-state index contributed by atoms with van der Waals surface area (Å²) in [4.78, 5) is 1.25. The van der Waals surface area contributed by atoms with Crippen molar-refractivity contribution in [3.63, 3.8) is 0 Å². The number of para-hydroxylation sites is 2. The molecule has 2 N–H and O–H groups in total. The molecule has 0 amide bonds. The molecule has 0 unspecified atom stereocenters. The lowest BCUT2D eigenvalue weighted by Crippen LogP contribution is -2.01. The van der Waals surface area contributed by atoms with Crippen molar-refractivity contribution in [2.75, 3.05) is 0 Å². The lowest BCUT2D eigenvalue weighted by molar-refractivity contribution is 1.06. The lowest BCUT2D eigenvalue weighted by atomic mass is 9.98. The van der Waals surface area contributed by atoms with Gasteiger partial charge in [0.25, 0.3) is 0 Å². The standard InChI is InChI=1S/C44H33N3S/c1-3-32(44-33(4-2)35-18-9-11-20-41(35)48-44)29-21-24-40-38(26-29)37-23-22-36-34-17-8-10-19-39(34)47(31-16-12-13-28(25-31)27-45)42(36)43(37)46(40)30-14-6-5-7-15-30/h3-26H,2,27,45H2,1H3/b32-3-. The first-order valence-electron chi connectivity index (χ1n) is 16.4. The van der Waals surface area contributed by atoms with E-state index in [0.29, 0.717) is 6.54 Å². The van der Waals surface area contributed by atoms with E-state index in [4.69, 9.17) is 5.73 Å². The van der Waals surface area contributed by atoms with Gasteiger partial charge in [0.2, 0.25) is 0 Å². The van der Waals surface area contributed by atoms with E-state index in [1.54, 1.807) is 0 Å². The van der Waals surface area contributed by atoms with Crippen LogP contribution in [0.3, 0.4) is 0 Å². The number of hydrogen-bond donors (Lipinski definition) is 1. The summed E-state index contributed by atoms with van der Waals surface area (Å²) in [6.07, 6.45) is 4.25. The van der Waals surface area contributed by atoms with Gasteiger partial charge in [-0.25, -0.2) is 0 Å². The first kappa shape index (κ1) is 28.5. The first-order chi connectivity index (χ1) is 23.7. The van der Waals surface area contributed by atoms with E-state index in [-0.39, 0.29) is 0 Å². The highest BCUT2D eigenvalue weighted by molar-refractivity contribution is 7.20. The molecule has 0 bridgehead atoms. The Morgan fingerprint density at radius 3 is 2.08 bits per heavy atom. The van der Waals surface area contributed by atoms with Crippen molar-refractivity contribution in [2.24, 2.45) is 5.73 Å². The maximum atomic E-state index is 6.15. The molecular weight excluding hydrogens is 603 g/mol. The third kappa shape index (κ3) is 4.17. The molecule has 3 heterocycles. The SMILES string of the molecule is C=Cc1c(/C(=C\C)c2ccc3c(c2)c2ccc4c5ccccc5n(-c5cccc(CN)c5)c4c2n3-c2ccccc2)sc2ccccc12. The Labute approximate surface area is 283 Å².